The van der Waals surface area contributed by atoms with Crippen LogP contribution in [0.5, 0.6) is 0 Å². The zero-order valence-corrected chi connectivity index (χ0v) is 14.3. The Balaban J connectivity index is 2.27. The van der Waals surface area contributed by atoms with Gasteiger partial charge in [-0.1, -0.05) is 30.3 Å². The zero-order valence-electron chi connectivity index (χ0n) is 14.3. The minimum absolute atomic E-state index is 0.252. The van der Waals surface area contributed by atoms with Crippen LogP contribution >= 0.6 is 0 Å². The van der Waals surface area contributed by atoms with E-state index in [1.54, 1.807) is 41.3 Å². The molecule has 25 heavy (non-hydrogen) atoms. The SMILES string of the molecule is CCN(CC)C(=O)[C@@H](OC(=O)c1ccc(C#N)cc1)c1ccccc1. The van der Waals surface area contributed by atoms with Crippen LogP contribution in [0, 0.1) is 11.3 Å². The number of carbonyl (C=O) groups is 2. The van der Waals surface area contributed by atoms with Crippen LogP contribution in [0.3, 0.4) is 0 Å². The average Bonchev–Trinajstić information content (AvgIpc) is 2.67. The van der Waals surface area contributed by atoms with Crippen LogP contribution in [0.1, 0.15) is 41.4 Å². The van der Waals surface area contributed by atoms with Gasteiger partial charge in [-0.25, -0.2) is 4.79 Å². The maximum absolute atomic E-state index is 12.8. The highest BCUT2D eigenvalue weighted by molar-refractivity contribution is 5.92. The Kier molecular flexibility index (Phi) is 6.30. The van der Waals surface area contributed by atoms with Crippen molar-refractivity contribution in [1.29, 1.82) is 5.26 Å². The molecule has 5 nitrogen and oxygen atoms in total. The van der Waals surface area contributed by atoms with Crippen molar-refractivity contribution in [2.24, 2.45) is 0 Å². The number of rotatable bonds is 6. The van der Waals surface area contributed by atoms with Crippen molar-refractivity contribution in [3.8, 4) is 6.07 Å². The summed E-state index contributed by atoms with van der Waals surface area (Å²) in [5, 5.41) is 8.83. The molecular weight excluding hydrogens is 316 g/mol. The molecule has 0 bridgehead atoms. The zero-order chi connectivity index (χ0) is 18.2. The van der Waals surface area contributed by atoms with Gasteiger partial charge in [0.25, 0.3) is 5.91 Å². The minimum atomic E-state index is -0.996. The first-order chi connectivity index (χ1) is 12.1. The molecule has 2 aromatic rings. The highest BCUT2D eigenvalue weighted by Gasteiger charge is 2.28. The minimum Gasteiger partial charge on any atom is -0.444 e. The fourth-order valence-corrected chi connectivity index (χ4v) is 2.45. The fraction of sp³-hybridized carbons (Fsp3) is 0.250. The standard InChI is InChI=1S/C20H20N2O3/c1-3-22(4-2)19(23)18(16-8-6-5-7-9-16)25-20(24)17-12-10-15(14-21)11-13-17/h5-13,18H,3-4H2,1-2H3/t18-/m0/s1. The van der Waals surface area contributed by atoms with E-state index in [2.05, 4.69) is 0 Å². The maximum Gasteiger partial charge on any atom is 0.339 e. The topological polar surface area (TPSA) is 70.4 Å². The third-order valence-electron chi connectivity index (χ3n) is 3.88. The van der Waals surface area contributed by atoms with Gasteiger partial charge < -0.3 is 9.64 Å². The quantitative estimate of drug-likeness (QED) is 0.759. The number of likely N-dealkylation sites (N-methyl/N-ethyl adjacent to an activating group) is 1. The lowest BCUT2D eigenvalue weighted by atomic mass is 10.1. The summed E-state index contributed by atoms with van der Waals surface area (Å²) in [5.74, 6) is -0.850. The molecule has 0 saturated carbocycles. The van der Waals surface area contributed by atoms with Crippen molar-refractivity contribution in [2.45, 2.75) is 20.0 Å². The lowest BCUT2D eigenvalue weighted by Gasteiger charge is -2.25. The molecule has 128 valence electrons. The Hall–Kier alpha value is -3.13. The summed E-state index contributed by atoms with van der Waals surface area (Å²) in [5.41, 5.74) is 1.38. The molecule has 5 heteroatoms. The predicted molar refractivity (Wildman–Crippen MR) is 93.7 cm³/mol. The van der Waals surface area contributed by atoms with Crippen LogP contribution in [-0.2, 0) is 9.53 Å². The first-order valence-corrected chi connectivity index (χ1v) is 8.15. The molecule has 0 saturated heterocycles. The molecule has 0 spiro atoms. The second-order valence-corrected chi connectivity index (χ2v) is 5.40. The van der Waals surface area contributed by atoms with Crippen LogP contribution in [0.15, 0.2) is 54.6 Å². The molecule has 0 fully saturated rings. The summed E-state index contributed by atoms with van der Waals surface area (Å²) in [6.07, 6.45) is -0.996. The van der Waals surface area contributed by atoms with E-state index in [1.165, 1.54) is 12.1 Å². The number of nitriles is 1. The number of benzene rings is 2. The molecule has 0 aliphatic rings. The van der Waals surface area contributed by atoms with Crippen LogP contribution in [0.25, 0.3) is 0 Å². The first kappa shape index (κ1) is 18.2. The number of hydrogen-bond donors (Lipinski definition) is 0. The van der Waals surface area contributed by atoms with E-state index in [0.29, 0.717) is 29.8 Å². The Bertz CT molecular complexity index is 760. The first-order valence-electron chi connectivity index (χ1n) is 8.15. The molecular formula is C20H20N2O3. The van der Waals surface area contributed by atoms with Crippen LogP contribution in [0.2, 0.25) is 0 Å². The molecule has 1 atom stereocenters. The molecule has 2 aromatic carbocycles. The van der Waals surface area contributed by atoms with Crippen LogP contribution in [0.4, 0.5) is 0 Å². The summed E-state index contributed by atoms with van der Waals surface area (Å²) >= 11 is 0. The molecule has 1 amide bonds. The molecule has 0 aliphatic carbocycles. The van der Waals surface area contributed by atoms with E-state index < -0.39 is 12.1 Å². The maximum atomic E-state index is 12.8. The molecule has 2 rings (SSSR count). The smallest absolute Gasteiger partial charge is 0.339 e. The van der Waals surface area contributed by atoms with E-state index in [9.17, 15) is 9.59 Å². The Labute approximate surface area is 147 Å². The highest BCUT2D eigenvalue weighted by atomic mass is 16.5. The van der Waals surface area contributed by atoms with E-state index in [1.807, 2.05) is 26.0 Å². The van der Waals surface area contributed by atoms with E-state index in [-0.39, 0.29) is 5.91 Å². The molecule has 0 radical (unpaired) electrons. The van der Waals surface area contributed by atoms with E-state index in [0.717, 1.165) is 0 Å². The third-order valence-corrected chi connectivity index (χ3v) is 3.88. The van der Waals surface area contributed by atoms with Gasteiger partial charge in [-0.05, 0) is 38.1 Å². The van der Waals surface area contributed by atoms with Crippen LogP contribution < -0.4 is 0 Å². The summed E-state index contributed by atoms with van der Waals surface area (Å²) in [4.78, 5) is 26.9. The van der Waals surface area contributed by atoms with Gasteiger partial charge >= 0.3 is 5.97 Å². The number of ether oxygens (including phenoxy) is 1. The van der Waals surface area contributed by atoms with E-state index in [4.69, 9.17) is 10.00 Å². The molecule has 0 heterocycles. The van der Waals surface area contributed by atoms with Crippen molar-refractivity contribution in [2.75, 3.05) is 13.1 Å². The second-order valence-electron chi connectivity index (χ2n) is 5.40. The lowest BCUT2D eigenvalue weighted by molar-refractivity contribution is -0.140. The van der Waals surface area contributed by atoms with Gasteiger partial charge in [0.05, 0.1) is 17.2 Å². The van der Waals surface area contributed by atoms with Crippen molar-refractivity contribution in [3.63, 3.8) is 0 Å². The summed E-state index contributed by atoms with van der Waals surface area (Å²) < 4.78 is 5.53. The monoisotopic (exact) mass is 336 g/mol. The van der Waals surface area contributed by atoms with Gasteiger partial charge in [0, 0.05) is 18.7 Å². The van der Waals surface area contributed by atoms with Gasteiger partial charge in [0.1, 0.15) is 0 Å². The predicted octanol–water partition coefficient (Wildman–Crippen LogP) is 3.32. The third kappa shape index (κ3) is 4.45. The fourth-order valence-electron chi connectivity index (χ4n) is 2.45. The van der Waals surface area contributed by atoms with Gasteiger partial charge in [0.15, 0.2) is 0 Å². The number of esters is 1. The van der Waals surface area contributed by atoms with Crippen molar-refractivity contribution < 1.29 is 14.3 Å². The lowest BCUT2D eigenvalue weighted by Crippen LogP contribution is -2.36. The largest absolute Gasteiger partial charge is 0.444 e. The van der Waals surface area contributed by atoms with E-state index >= 15 is 0 Å². The van der Waals surface area contributed by atoms with Crippen molar-refractivity contribution in [3.05, 3.63) is 71.3 Å². The molecule has 0 aromatic heterocycles. The Morgan fingerprint density at radius 3 is 2.16 bits per heavy atom. The number of carbonyl (C=O) groups excluding carboxylic acids is 2. The molecule has 0 N–H and O–H groups in total. The van der Waals surface area contributed by atoms with Gasteiger partial charge in [-0.2, -0.15) is 5.26 Å². The van der Waals surface area contributed by atoms with Crippen molar-refractivity contribution in [1.82, 2.24) is 4.90 Å². The number of nitrogens with zero attached hydrogens (tertiary/aromatic N) is 2. The average molecular weight is 336 g/mol. The molecule has 0 aliphatic heterocycles. The van der Waals surface area contributed by atoms with Gasteiger partial charge in [-0.15, -0.1) is 0 Å². The summed E-state index contributed by atoms with van der Waals surface area (Å²) in [6.45, 7) is 4.83. The highest BCUT2D eigenvalue weighted by Crippen LogP contribution is 2.22. The van der Waals surface area contributed by atoms with Crippen molar-refractivity contribution >= 4 is 11.9 Å². The summed E-state index contributed by atoms with van der Waals surface area (Å²) in [6, 6.07) is 17.1. The molecule has 0 unspecified atom stereocenters. The number of hydrogen-bond acceptors (Lipinski definition) is 4. The summed E-state index contributed by atoms with van der Waals surface area (Å²) in [7, 11) is 0. The van der Waals surface area contributed by atoms with Gasteiger partial charge in [0.2, 0.25) is 6.10 Å². The van der Waals surface area contributed by atoms with Crippen LogP contribution in [-0.4, -0.2) is 29.9 Å². The number of amides is 1. The van der Waals surface area contributed by atoms with Gasteiger partial charge in [-0.3, -0.25) is 4.79 Å². The Morgan fingerprint density at radius 2 is 1.64 bits per heavy atom. The normalized spacial score (nSPS) is 11.2. The second kappa shape index (κ2) is 8.65. The Morgan fingerprint density at radius 1 is 1.04 bits per heavy atom.